The Bertz CT molecular complexity index is 1500. The molecule has 0 bridgehead atoms. The Morgan fingerprint density at radius 3 is 1.90 bits per heavy atom. The summed E-state index contributed by atoms with van der Waals surface area (Å²) in [6.45, 7) is 2.34. The van der Waals surface area contributed by atoms with Gasteiger partial charge in [-0.1, -0.05) is 18.2 Å². The van der Waals surface area contributed by atoms with E-state index in [2.05, 4.69) is 10.6 Å². The number of carbonyl (C=O) groups excluding carboxylic acids is 1. The van der Waals surface area contributed by atoms with E-state index >= 15 is 0 Å². The number of phenols is 2. The molecule has 0 aromatic heterocycles. The number of carboxylic acid groups (broad SMARTS) is 2. The summed E-state index contributed by atoms with van der Waals surface area (Å²) in [7, 11) is -4.26. The van der Waals surface area contributed by atoms with Crippen LogP contribution in [0.3, 0.4) is 0 Å². The van der Waals surface area contributed by atoms with E-state index in [1.54, 1.807) is 50.2 Å². The van der Waals surface area contributed by atoms with E-state index in [0.29, 0.717) is 38.9 Å². The second kappa shape index (κ2) is 12.3. The summed E-state index contributed by atoms with van der Waals surface area (Å²) in [5, 5.41) is 46.7. The molecule has 0 radical (unpaired) electrons. The van der Waals surface area contributed by atoms with Crippen molar-refractivity contribution in [2.45, 2.75) is 37.4 Å². The van der Waals surface area contributed by atoms with Crippen molar-refractivity contribution in [1.82, 2.24) is 10.6 Å². The van der Waals surface area contributed by atoms with E-state index in [-0.39, 0.29) is 65.6 Å². The summed E-state index contributed by atoms with van der Waals surface area (Å²) in [6.07, 6.45) is 0. The maximum Gasteiger partial charge on any atom is 1.00 e. The molecule has 5 N–H and O–H groups in total. The molecule has 1 aliphatic heterocycles. The number of phenolic OH excluding ortho intramolecular Hbond substituents is 2. The first kappa shape index (κ1) is 31.6. The van der Waals surface area contributed by atoms with Gasteiger partial charge in [-0.3, -0.25) is 4.79 Å². The average molecular weight is 579 g/mol. The minimum atomic E-state index is -4.26. The quantitative estimate of drug-likeness (QED) is 0.129. The molecule has 40 heavy (non-hydrogen) atoms. The fourth-order valence-corrected chi connectivity index (χ4v) is 6.22. The van der Waals surface area contributed by atoms with Gasteiger partial charge in [-0.05, 0) is 66.4 Å². The molecule has 0 aliphatic carbocycles. The van der Waals surface area contributed by atoms with Crippen LogP contribution in [0.1, 0.15) is 38.9 Å². The Hall–Kier alpha value is -2.97. The van der Waals surface area contributed by atoms with Crippen LogP contribution in [0.15, 0.2) is 53.4 Å². The molecular weight excluding hydrogens is 551 g/mol. The number of hydrogen-bond acceptors (Lipinski definition) is 10. The molecule has 0 saturated carbocycles. The van der Waals surface area contributed by atoms with Gasteiger partial charge in [0.15, 0.2) is 5.60 Å². The van der Waals surface area contributed by atoms with Crippen molar-refractivity contribution >= 4 is 22.1 Å². The first-order valence-electron chi connectivity index (χ1n) is 11.9. The van der Waals surface area contributed by atoms with Crippen molar-refractivity contribution in [3.8, 4) is 11.5 Å². The van der Waals surface area contributed by atoms with Crippen LogP contribution in [-0.4, -0.2) is 48.8 Å². The number of aromatic hydroxyl groups is 2. The van der Waals surface area contributed by atoms with Gasteiger partial charge < -0.3 is 35.9 Å². The zero-order valence-corrected chi connectivity index (χ0v) is 25.0. The van der Waals surface area contributed by atoms with Gasteiger partial charge in [-0.15, -0.1) is 0 Å². The molecule has 3 aromatic rings. The molecule has 0 fully saturated rings. The molecule has 13 heteroatoms. The fraction of sp³-hybridized carbons (Fsp3) is 0.259. The van der Waals surface area contributed by atoms with E-state index < -0.39 is 34.2 Å². The molecule has 3 aromatic carbocycles. The Morgan fingerprint density at radius 1 is 0.900 bits per heavy atom. The van der Waals surface area contributed by atoms with E-state index in [0.717, 1.165) is 0 Å². The first-order chi connectivity index (χ1) is 18.4. The zero-order chi connectivity index (χ0) is 28.5. The van der Waals surface area contributed by atoms with Gasteiger partial charge in [0.25, 0.3) is 10.1 Å². The smallest absolute Gasteiger partial charge is 0.549 e. The van der Waals surface area contributed by atoms with Crippen molar-refractivity contribution in [2.75, 3.05) is 13.1 Å². The van der Waals surface area contributed by atoms with Crippen LogP contribution < -0.4 is 45.3 Å². The van der Waals surface area contributed by atoms with E-state index in [9.17, 15) is 33.3 Å². The SMILES string of the molecule is Cc1cc(C2(c3cc(C)c(O)c(CNCC(=O)O)c3)OS(=O)(=O)c3ccccc32)cc(CNCC(=O)[O-])c1O.[Na+]. The van der Waals surface area contributed by atoms with E-state index in [4.69, 9.17) is 9.29 Å². The van der Waals surface area contributed by atoms with Crippen LogP contribution in [0.25, 0.3) is 0 Å². The number of benzene rings is 3. The largest absolute Gasteiger partial charge is 1.00 e. The van der Waals surface area contributed by atoms with Crippen LogP contribution >= 0.6 is 0 Å². The van der Waals surface area contributed by atoms with Crippen LogP contribution in [0.2, 0.25) is 0 Å². The molecule has 0 amide bonds. The Labute approximate surface area is 253 Å². The number of aryl methyl sites for hydroxylation is 2. The monoisotopic (exact) mass is 578 g/mol. The van der Waals surface area contributed by atoms with E-state index in [1.165, 1.54) is 12.1 Å². The maximum absolute atomic E-state index is 13.3. The van der Waals surface area contributed by atoms with Gasteiger partial charge in [-0.2, -0.15) is 8.42 Å². The zero-order valence-electron chi connectivity index (χ0n) is 22.1. The van der Waals surface area contributed by atoms with Crippen molar-refractivity contribution in [3.05, 3.63) is 87.5 Å². The average Bonchev–Trinajstić information content (AvgIpc) is 3.12. The third-order valence-corrected chi connectivity index (χ3v) is 7.88. The van der Waals surface area contributed by atoms with Crippen LogP contribution in [-0.2, 0) is 42.6 Å². The van der Waals surface area contributed by atoms with E-state index in [1.807, 2.05) is 0 Å². The summed E-state index contributed by atoms with van der Waals surface area (Å²) in [6, 6.07) is 12.5. The number of carboxylic acids is 2. The van der Waals surface area contributed by atoms with Crippen molar-refractivity contribution in [2.24, 2.45) is 0 Å². The number of nitrogens with one attached hydrogen (secondary N) is 2. The summed E-state index contributed by atoms with van der Waals surface area (Å²) < 4.78 is 32.5. The first-order valence-corrected chi connectivity index (χ1v) is 13.3. The van der Waals surface area contributed by atoms with Crippen LogP contribution in [0, 0.1) is 13.8 Å². The number of aliphatic carboxylic acids is 2. The molecule has 1 aliphatic rings. The third kappa shape index (κ3) is 6.03. The van der Waals surface area contributed by atoms with Crippen molar-refractivity contribution < 1.29 is 72.2 Å². The van der Waals surface area contributed by atoms with Gasteiger partial charge in [0.05, 0.1) is 12.5 Å². The summed E-state index contributed by atoms with van der Waals surface area (Å²) >= 11 is 0. The molecule has 1 unspecified atom stereocenters. The molecule has 0 spiro atoms. The molecule has 0 saturated heterocycles. The normalized spacial score (nSPS) is 17.1. The number of fused-ring (bicyclic) bond motifs is 1. The van der Waals surface area contributed by atoms with Gasteiger partial charge in [0.2, 0.25) is 0 Å². The van der Waals surface area contributed by atoms with Crippen LogP contribution in [0.4, 0.5) is 0 Å². The van der Waals surface area contributed by atoms with Gasteiger partial charge in [-0.25, -0.2) is 4.18 Å². The topological polar surface area (TPSA) is 185 Å². The number of carbonyl (C=O) groups is 2. The fourth-order valence-electron chi connectivity index (χ4n) is 4.79. The summed E-state index contributed by atoms with van der Waals surface area (Å²) in [5.74, 6) is -2.61. The number of rotatable bonds is 10. The Morgan fingerprint density at radius 2 is 1.40 bits per heavy atom. The minimum Gasteiger partial charge on any atom is -0.549 e. The van der Waals surface area contributed by atoms with Crippen LogP contribution in [0.5, 0.6) is 11.5 Å². The summed E-state index contributed by atoms with van der Waals surface area (Å²) in [5.41, 5.74) is 0.660. The molecule has 4 rings (SSSR count). The second-order valence-corrected chi connectivity index (χ2v) is 10.8. The van der Waals surface area contributed by atoms with Crippen molar-refractivity contribution in [3.63, 3.8) is 0 Å². The van der Waals surface area contributed by atoms with Gasteiger partial charge in [0, 0.05) is 36.3 Å². The second-order valence-electron chi connectivity index (χ2n) is 9.29. The molecule has 1 atom stereocenters. The Kier molecular flexibility index (Phi) is 9.68. The standard InChI is InChI=1S/C27H28N2O9S.Na/c1-15-7-19(9-17(25(15)34)11-28-13-23(30)31)27(21-5-3-4-6-22(21)39(36,37)38-27)20-8-16(2)26(35)18(10-20)12-29-14-24(32)33;/h3-10,28-29,34-35H,11-14H2,1-2H3,(H,30,31)(H,32,33);/q;+1/p-1. The minimum absolute atomic E-state index is 0. The molecular formula is C27H27N2NaO9S. The Balaban J connectivity index is 0.00000441. The number of hydrogen-bond donors (Lipinski definition) is 5. The van der Waals surface area contributed by atoms with Gasteiger partial charge in [0.1, 0.15) is 16.4 Å². The van der Waals surface area contributed by atoms with Gasteiger partial charge >= 0.3 is 35.5 Å². The molecule has 206 valence electrons. The van der Waals surface area contributed by atoms with Crippen molar-refractivity contribution in [1.29, 1.82) is 0 Å². The third-order valence-electron chi connectivity index (χ3n) is 6.52. The molecule has 11 nitrogen and oxygen atoms in total. The molecule has 1 heterocycles. The maximum atomic E-state index is 13.3. The predicted molar refractivity (Wildman–Crippen MR) is 136 cm³/mol. The predicted octanol–water partition coefficient (Wildman–Crippen LogP) is -2.26. The summed E-state index contributed by atoms with van der Waals surface area (Å²) in [4.78, 5) is 21.8.